The third-order valence-corrected chi connectivity index (χ3v) is 6.36. The number of primary sulfonamides is 1. The highest BCUT2D eigenvalue weighted by atomic mass is 32.2. The summed E-state index contributed by atoms with van der Waals surface area (Å²) in [6, 6.07) is 6.68. The van der Waals surface area contributed by atoms with Gasteiger partial charge < -0.3 is 15.0 Å². The van der Waals surface area contributed by atoms with Crippen LogP contribution in [0.15, 0.2) is 33.9 Å². The van der Waals surface area contributed by atoms with Gasteiger partial charge in [0, 0.05) is 18.1 Å². The molecule has 0 aliphatic rings. The van der Waals surface area contributed by atoms with Crippen molar-refractivity contribution < 1.29 is 27.5 Å². The van der Waals surface area contributed by atoms with Crippen LogP contribution in [0.2, 0.25) is 0 Å². The lowest BCUT2D eigenvalue weighted by molar-refractivity contribution is -0.136. The number of likely N-dealkylation sites (N-methyl/N-ethyl adjacent to an activating group) is 1. The van der Waals surface area contributed by atoms with Gasteiger partial charge in [-0.1, -0.05) is 18.2 Å². The number of nitrogens with zero attached hydrogens (tertiary/aromatic N) is 1. The van der Waals surface area contributed by atoms with Gasteiger partial charge in [0.25, 0.3) is 5.91 Å². The second-order valence-electron chi connectivity index (χ2n) is 6.34. The van der Waals surface area contributed by atoms with Gasteiger partial charge in [-0.25, -0.2) is 18.4 Å². The summed E-state index contributed by atoms with van der Waals surface area (Å²) in [5, 5.41) is 9.02. The molecule has 156 valence electrons. The number of carbonyl (C=O) groups is 3. The van der Waals surface area contributed by atoms with Crippen molar-refractivity contribution in [2.24, 2.45) is 5.14 Å². The Hall–Kier alpha value is -2.76. The fourth-order valence-corrected chi connectivity index (χ4v) is 3.96. The van der Waals surface area contributed by atoms with Crippen molar-refractivity contribution in [3.05, 3.63) is 46.3 Å². The van der Waals surface area contributed by atoms with Crippen LogP contribution in [-0.4, -0.2) is 51.3 Å². The van der Waals surface area contributed by atoms with Gasteiger partial charge >= 0.3 is 5.97 Å². The van der Waals surface area contributed by atoms with E-state index in [9.17, 15) is 22.8 Å². The van der Waals surface area contributed by atoms with Gasteiger partial charge in [-0.05, 0) is 31.0 Å². The van der Waals surface area contributed by atoms with Gasteiger partial charge in [-0.2, -0.15) is 0 Å². The summed E-state index contributed by atoms with van der Waals surface area (Å²) in [7, 11) is -2.51. The second-order valence-corrected chi connectivity index (χ2v) is 9.04. The average Bonchev–Trinajstić information content (AvgIpc) is 3.13. The normalized spacial score (nSPS) is 11.0. The largest absolute Gasteiger partial charge is 0.452 e. The van der Waals surface area contributed by atoms with Gasteiger partial charge in [-0.15, -0.1) is 11.3 Å². The predicted molar refractivity (Wildman–Crippen MR) is 108 cm³/mol. The fraction of sp³-hybridized carbons (Fsp3) is 0.278. The molecule has 2 rings (SSSR count). The van der Waals surface area contributed by atoms with Crippen molar-refractivity contribution >= 4 is 44.8 Å². The number of anilines is 1. The molecule has 0 saturated heterocycles. The number of benzene rings is 1. The van der Waals surface area contributed by atoms with E-state index in [1.165, 1.54) is 12.4 Å². The zero-order valence-corrected chi connectivity index (χ0v) is 17.7. The maximum Gasteiger partial charge on any atom is 0.339 e. The first-order chi connectivity index (χ1) is 13.5. The third-order valence-electron chi connectivity index (χ3n) is 3.97. The van der Waals surface area contributed by atoms with E-state index < -0.39 is 28.5 Å². The predicted octanol–water partition coefficient (Wildman–Crippen LogP) is 1.27. The van der Waals surface area contributed by atoms with E-state index in [4.69, 9.17) is 9.88 Å². The van der Waals surface area contributed by atoms with E-state index in [0.717, 1.165) is 33.4 Å². The summed E-state index contributed by atoms with van der Waals surface area (Å²) >= 11 is 0.775. The van der Waals surface area contributed by atoms with Gasteiger partial charge in [-0.3, -0.25) is 9.59 Å². The van der Waals surface area contributed by atoms with Crippen LogP contribution in [0, 0.1) is 13.8 Å². The summed E-state index contributed by atoms with van der Waals surface area (Å²) < 4.78 is 27.2. The molecule has 0 bridgehead atoms. The van der Waals surface area contributed by atoms with E-state index in [2.05, 4.69) is 5.32 Å². The molecule has 29 heavy (non-hydrogen) atoms. The van der Waals surface area contributed by atoms with Crippen LogP contribution in [0.1, 0.15) is 21.5 Å². The molecule has 3 N–H and O–H groups in total. The SMILES string of the molecule is Cc1cccc(C)c1NC(=O)CN(C)C(=O)COC(=O)c1csc(S(N)(=O)=O)c1. The van der Waals surface area contributed by atoms with Gasteiger partial charge in [0.1, 0.15) is 4.21 Å². The lowest BCUT2D eigenvalue weighted by Gasteiger charge is -2.18. The smallest absolute Gasteiger partial charge is 0.339 e. The molecule has 0 saturated carbocycles. The molecule has 0 spiro atoms. The molecular formula is C18H21N3O6S2. The van der Waals surface area contributed by atoms with Gasteiger partial charge in [0.2, 0.25) is 15.9 Å². The van der Waals surface area contributed by atoms with Crippen molar-refractivity contribution in [1.29, 1.82) is 0 Å². The van der Waals surface area contributed by atoms with E-state index in [-0.39, 0.29) is 22.2 Å². The van der Waals surface area contributed by atoms with Crippen LogP contribution < -0.4 is 10.5 Å². The summed E-state index contributed by atoms with van der Waals surface area (Å²) in [5.41, 5.74) is 2.46. The highest BCUT2D eigenvalue weighted by Gasteiger charge is 2.19. The summed E-state index contributed by atoms with van der Waals surface area (Å²) in [6.07, 6.45) is 0. The average molecular weight is 440 g/mol. The van der Waals surface area contributed by atoms with Crippen LogP contribution in [-0.2, 0) is 24.3 Å². The monoisotopic (exact) mass is 439 g/mol. The number of esters is 1. The Labute approximate surface area is 172 Å². The Kier molecular flexibility index (Phi) is 7.11. The zero-order chi connectivity index (χ0) is 21.8. The van der Waals surface area contributed by atoms with E-state index >= 15 is 0 Å². The minimum absolute atomic E-state index is 0.0257. The topological polar surface area (TPSA) is 136 Å². The number of para-hydroxylation sites is 1. The molecule has 9 nitrogen and oxygen atoms in total. The maximum absolute atomic E-state index is 12.2. The Morgan fingerprint density at radius 3 is 2.38 bits per heavy atom. The highest BCUT2D eigenvalue weighted by molar-refractivity contribution is 7.91. The second kappa shape index (κ2) is 9.16. The highest BCUT2D eigenvalue weighted by Crippen LogP contribution is 2.20. The standard InChI is InChI=1S/C18H21N3O6S2/c1-11-5-4-6-12(2)17(11)20-14(22)8-21(3)15(23)9-27-18(24)13-7-16(28-10-13)29(19,25)26/h4-7,10H,8-9H2,1-3H3,(H,20,22)(H2,19,25,26). The Balaban J connectivity index is 1.88. The summed E-state index contributed by atoms with van der Waals surface area (Å²) in [6.45, 7) is 2.91. The van der Waals surface area contributed by atoms with Crippen molar-refractivity contribution in [3.63, 3.8) is 0 Å². The first-order valence-corrected chi connectivity index (χ1v) is 10.8. The van der Waals surface area contributed by atoms with Gasteiger partial charge in [0.05, 0.1) is 12.1 Å². The Bertz CT molecular complexity index is 1030. The van der Waals surface area contributed by atoms with Crippen LogP contribution in [0.25, 0.3) is 0 Å². The lowest BCUT2D eigenvalue weighted by Crippen LogP contribution is -2.37. The Morgan fingerprint density at radius 1 is 1.21 bits per heavy atom. The lowest BCUT2D eigenvalue weighted by atomic mass is 10.1. The van der Waals surface area contributed by atoms with Crippen LogP contribution in [0.5, 0.6) is 0 Å². The molecule has 11 heteroatoms. The minimum atomic E-state index is -3.91. The van der Waals surface area contributed by atoms with Crippen molar-refractivity contribution in [1.82, 2.24) is 4.90 Å². The van der Waals surface area contributed by atoms with Crippen LogP contribution in [0.3, 0.4) is 0 Å². The minimum Gasteiger partial charge on any atom is -0.452 e. The fourth-order valence-electron chi connectivity index (χ4n) is 2.39. The van der Waals surface area contributed by atoms with Crippen LogP contribution >= 0.6 is 11.3 Å². The molecule has 2 amide bonds. The molecule has 0 aliphatic heterocycles. The number of amides is 2. The number of nitrogens with two attached hydrogens (primary N) is 1. The molecule has 0 unspecified atom stereocenters. The number of hydrogen-bond acceptors (Lipinski definition) is 7. The maximum atomic E-state index is 12.2. The number of nitrogens with one attached hydrogen (secondary N) is 1. The first kappa shape index (κ1) is 22.5. The molecule has 0 aliphatic carbocycles. The van der Waals surface area contributed by atoms with Crippen LogP contribution in [0.4, 0.5) is 5.69 Å². The first-order valence-electron chi connectivity index (χ1n) is 8.37. The molecule has 1 aromatic carbocycles. The zero-order valence-electron chi connectivity index (χ0n) is 16.1. The summed E-state index contributed by atoms with van der Waals surface area (Å²) in [4.78, 5) is 37.4. The Morgan fingerprint density at radius 2 is 1.83 bits per heavy atom. The molecular weight excluding hydrogens is 418 g/mol. The quantitative estimate of drug-likeness (QED) is 0.624. The number of rotatable bonds is 7. The number of ether oxygens (including phenoxy) is 1. The summed E-state index contributed by atoms with van der Waals surface area (Å²) in [5.74, 6) is -1.84. The molecule has 0 atom stereocenters. The number of aryl methyl sites for hydroxylation is 2. The van der Waals surface area contributed by atoms with E-state index in [1.54, 1.807) is 0 Å². The van der Waals surface area contributed by atoms with Crippen molar-refractivity contribution in [3.8, 4) is 0 Å². The van der Waals surface area contributed by atoms with E-state index in [0.29, 0.717) is 5.69 Å². The molecule has 0 radical (unpaired) electrons. The van der Waals surface area contributed by atoms with Crippen molar-refractivity contribution in [2.75, 3.05) is 25.5 Å². The molecule has 2 aromatic rings. The number of carbonyl (C=O) groups excluding carboxylic acids is 3. The molecule has 1 heterocycles. The van der Waals surface area contributed by atoms with Gasteiger partial charge in [0.15, 0.2) is 6.61 Å². The number of sulfonamides is 1. The van der Waals surface area contributed by atoms with E-state index in [1.807, 2.05) is 32.0 Å². The molecule has 1 aromatic heterocycles. The molecule has 0 fully saturated rings. The third kappa shape index (κ3) is 6.11. The number of thiophene rings is 1. The van der Waals surface area contributed by atoms with Crippen molar-refractivity contribution in [2.45, 2.75) is 18.1 Å². The number of hydrogen-bond donors (Lipinski definition) is 2.